The van der Waals surface area contributed by atoms with Crippen LogP contribution in [-0.2, 0) is 10.0 Å². The minimum Gasteiger partial charge on any atom is -0.330 e. The molecule has 7 heteroatoms. The molecule has 0 unspecified atom stereocenters. The van der Waals surface area contributed by atoms with Crippen LogP contribution in [0, 0.1) is 0 Å². The molecule has 2 aromatic carbocycles. The number of nitrogens with zero attached hydrogens (tertiary/aromatic N) is 1. The number of hydrogen-bond donors (Lipinski definition) is 2. The number of benzene rings is 2. The van der Waals surface area contributed by atoms with Crippen molar-refractivity contribution in [2.75, 3.05) is 18.4 Å². The molecule has 0 heterocycles. The summed E-state index contributed by atoms with van der Waals surface area (Å²) in [6.07, 6.45) is 5.59. The van der Waals surface area contributed by atoms with Gasteiger partial charge in [-0.1, -0.05) is 43.5 Å². The molecule has 156 valence electrons. The first-order valence-electron chi connectivity index (χ1n) is 10.2. The summed E-state index contributed by atoms with van der Waals surface area (Å²) in [5.41, 5.74) is 6.63. The minimum atomic E-state index is -3.70. The van der Waals surface area contributed by atoms with E-state index in [1.54, 1.807) is 34.6 Å². The summed E-state index contributed by atoms with van der Waals surface area (Å²) in [6, 6.07) is 15.4. The number of anilines is 1. The lowest BCUT2D eigenvalue weighted by Crippen LogP contribution is -2.42. The van der Waals surface area contributed by atoms with Gasteiger partial charge in [-0.3, -0.25) is 4.79 Å². The highest BCUT2D eigenvalue weighted by molar-refractivity contribution is 7.89. The Morgan fingerprint density at radius 2 is 1.76 bits per heavy atom. The normalized spacial score (nSPS) is 15.4. The Kier molecular flexibility index (Phi) is 7.41. The summed E-state index contributed by atoms with van der Waals surface area (Å²) in [4.78, 5) is 12.8. The zero-order chi connectivity index (χ0) is 20.7. The summed E-state index contributed by atoms with van der Waals surface area (Å²) < 4.78 is 28.5. The van der Waals surface area contributed by atoms with Crippen LogP contribution in [-0.4, -0.2) is 37.8 Å². The Balaban J connectivity index is 1.84. The maximum atomic E-state index is 13.4. The highest BCUT2D eigenvalue weighted by Crippen LogP contribution is 2.28. The fraction of sp³-hybridized carbons (Fsp3) is 0.409. The third-order valence-electron chi connectivity index (χ3n) is 5.30. The fourth-order valence-corrected chi connectivity index (χ4v) is 5.54. The first-order valence-corrected chi connectivity index (χ1v) is 11.6. The van der Waals surface area contributed by atoms with E-state index in [1.165, 1.54) is 6.07 Å². The van der Waals surface area contributed by atoms with Gasteiger partial charge >= 0.3 is 0 Å². The van der Waals surface area contributed by atoms with Crippen LogP contribution in [0.1, 0.15) is 48.9 Å². The summed E-state index contributed by atoms with van der Waals surface area (Å²) in [5.74, 6) is -0.334. The molecule has 0 radical (unpaired) electrons. The lowest BCUT2D eigenvalue weighted by atomic mass is 9.95. The maximum Gasteiger partial charge on any atom is 0.255 e. The van der Waals surface area contributed by atoms with Crippen molar-refractivity contribution in [1.82, 2.24) is 4.31 Å². The number of carbonyl (C=O) groups is 1. The molecular formula is C22H29N3O3S. The van der Waals surface area contributed by atoms with Crippen molar-refractivity contribution >= 4 is 21.6 Å². The standard InChI is InChI=1S/C22H29N3O3S/c23-15-8-16-25(20-12-5-2-6-13-20)29(27,28)21-14-7-9-18(17-21)22(26)24-19-10-3-1-4-11-19/h1,3-4,7,9-11,14,17,20H,2,5-6,8,12-13,15-16,23H2,(H,24,26). The molecule has 1 aliphatic rings. The van der Waals surface area contributed by atoms with Crippen LogP contribution in [0.4, 0.5) is 5.69 Å². The van der Waals surface area contributed by atoms with E-state index in [-0.39, 0.29) is 16.8 Å². The Morgan fingerprint density at radius 3 is 2.45 bits per heavy atom. The third-order valence-corrected chi connectivity index (χ3v) is 7.25. The van der Waals surface area contributed by atoms with Crippen LogP contribution < -0.4 is 11.1 Å². The molecule has 1 fully saturated rings. The van der Waals surface area contributed by atoms with E-state index in [0.717, 1.165) is 32.1 Å². The van der Waals surface area contributed by atoms with Crippen molar-refractivity contribution in [3.8, 4) is 0 Å². The molecule has 3 N–H and O–H groups in total. The van der Waals surface area contributed by atoms with Gasteiger partial charge in [-0.25, -0.2) is 8.42 Å². The van der Waals surface area contributed by atoms with Gasteiger partial charge < -0.3 is 11.1 Å². The lowest BCUT2D eigenvalue weighted by Gasteiger charge is -2.33. The number of para-hydroxylation sites is 1. The zero-order valence-electron chi connectivity index (χ0n) is 16.6. The van der Waals surface area contributed by atoms with Crippen molar-refractivity contribution in [2.45, 2.75) is 49.5 Å². The van der Waals surface area contributed by atoms with Gasteiger partial charge in [-0.15, -0.1) is 0 Å². The molecule has 0 atom stereocenters. The fourth-order valence-electron chi connectivity index (χ4n) is 3.77. The monoisotopic (exact) mass is 415 g/mol. The van der Waals surface area contributed by atoms with Crippen LogP contribution >= 0.6 is 0 Å². The highest BCUT2D eigenvalue weighted by atomic mass is 32.2. The smallest absolute Gasteiger partial charge is 0.255 e. The predicted octanol–water partition coefficient (Wildman–Crippen LogP) is 3.61. The predicted molar refractivity (Wildman–Crippen MR) is 115 cm³/mol. The minimum absolute atomic E-state index is 0.00195. The van der Waals surface area contributed by atoms with E-state index in [2.05, 4.69) is 5.32 Å². The van der Waals surface area contributed by atoms with Gasteiger partial charge in [0.1, 0.15) is 0 Å². The Bertz CT molecular complexity index is 910. The van der Waals surface area contributed by atoms with Crippen molar-refractivity contribution in [3.63, 3.8) is 0 Å². The van der Waals surface area contributed by atoms with Crippen LogP contribution in [0.15, 0.2) is 59.5 Å². The molecule has 0 spiro atoms. The van der Waals surface area contributed by atoms with Gasteiger partial charge in [0.25, 0.3) is 5.91 Å². The number of amides is 1. The van der Waals surface area contributed by atoms with Gasteiger partial charge in [0.2, 0.25) is 10.0 Å². The van der Waals surface area contributed by atoms with Crippen molar-refractivity contribution in [1.29, 1.82) is 0 Å². The molecule has 1 aliphatic carbocycles. The molecule has 29 heavy (non-hydrogen) atoms. The van der Waals surface area contributed by atoms with Crippen LogP contribution in [0.2, 0.25) is 0 Å². The van der Waals surface area contributed by atoms with Gasteiger partial charge in [0.15, 0.2) is 0 Å². The first-order chi connectivity index (χ1) is 14.0. The van der Waals surface area contributed by atoms with Crippen molar-refractivity contribution < 1.29 is 13.2 Å². The molecular weight excluding hydrogens is 386 g/mol. The Labute approximate surface area is 173 Å². The highest BCUT2D eigenvalue weighted by Gasteiger charge is 2.32. The molecule has 0 bridgehead atoms. The van der Waals surface area contributed by atoms with E-state index < -0.39 is 10.0 Å². The summed E-state index contributed by atoms with van der Waals surface area (Å²) in [5, 5.41) is 2.80. The van der Waals surface area contributed by atoms with Crippen LogP contribution in [0.5, 0.6) is 0 Å². The summed E-state index contributed by atoms with van der Waals surface area (Å²) in [6.45, 7) is 0.849. The number of rotatable bonds is 8. The molecule has 2 aromatic rings. The van der Waals surface area contributed by atoms with E-state index in [1.807, 2.05) is 18.2 Å². The maximum absolute atomic E-state index is 13.4. The third kappa shape index (κ3) is 5.44. The molecule has 1 amide bonds. The number of sulfonamides is 1. The first kappa shape index (κ1) is 21.5. The van der Waals surface area contributed by atoms with Gasteiger partial charge in [-0.05, 0) is 56.1 Å². The molecule has 0 saturated heterocycles. The van der Waals surface area contributed by atoms with E-state index >= 15 is 0 Å². The number of carbonyl (C=O) groups excluding carboxylic acids is 1. The van der Waals surface area contributed by atoms with Gasteiger partial charge in [-0.2, -0.15) is 4.31 Å². The average molecular weight is 416 g/mol. The molecule has 0 aromatic heterocycles. The van der Waals surface area contributed by atoms with E-state index in [9.17, 15) is 13.2 Å². The molecule has 0 aliphatic heterocycles. The second-order valence-electron chi connectivity index (χ2n) is 7.40. The largest absolute Gasteiger partial charge is 0.330 e. The Hall–Kier alpha value is -2.22. The molecule has 3 rings (SSSR count). The van der Waals surface area contributed by atoms with Crippen molar-refractivity contribution in [3.05, 3.63) is 60.2 Å². The summed E-state index contributed by atoms with van der Waals surface area (Å²) in [7, 11) is -3.70. The molecule has 6 nitrogen and oxygen atoms in total. The van der Waals surface area contributed by atoms with Crippen LogP contribution in [0.3, 0.4) is 0 Å². The number of nitrogens with one attached hydrogen (secondary N) is 1. The van der Waals surface area contributed by atoms with Gasteiger partial charge in [0, 0.05) is 23.8 Å². The topological polar surface area (TPSA) is 92.5 Å². The average Bonchev–Trinajstić information content (AvgIpc) is 2.75. The quantitative estimate of drug-likeness (QED) is 0.689. The van der Waals surface area contributed by atoms with E-state index in [4.69, 9.17) is 5.73 Å². The lowest BCUT2D eigenvalue weighted by molar-refractivity contribution is 0.102. The van der Waals surface area contributed by atoms with Crippen molar-refractivity contribution in [2.24, 2.45) is 5.73 Å². The molecule has 1 saturated carbocycles. The SMILES string of the molecule is NCCCN(C1CCCCC1)S(=O)(=O)c1cccc(C(=O)Nc2ccccc2)c1. The summed E-state index contributed by atoms with van der Waals surface area (Å²) >= 11 is 0. The zero-order valence-corrected chi connectivity index (χ0v) is 17.4. The number of hydrogen-bond acceptors (Lipinski definition) is 4. The van der Waals surface area contributed by atoms with E-state index in [0.29, 0.717) is 30.8 Å². The second-order valence-corrected chi connectivity index (χ2v) is 9.29. The number of nitrogens with two attached hydrogens (primary N) is 1. The van der Waals surface area contributed by atoms with Crippen LogP contribution in [0.25, 0.3) is 0 Å². The Morgan fingerprint density at radius 1 is 1.03 bits per heavy atom. The second kappa shape index (κ2) is 10.0. The van der Waals surface area contributed by atoms with Gasteiger partial charge in [0.05, 0.1) is 4.90 Å².